The summed E-state index contributed by atoms with van der Waals surface area (Å²) >= 11 is 3.57. The molecule has 0 heterocycles. The highest BCUT2D eigenvalue weighted by Gasteiger charge is 2.21. The van der Waals surface area contributed by atoms with Gasteiger partial charge in [0.15, 0.2) is 0 Å². The Labute approximate surface area is 106 Å². The smallest absolute Gasteiger partial charge is 0.119 e. The first kappa shape index (κ1) is 13.5. The molecule has 90 valence electrons. The molecule has 1 aromatic carbocycles. The topological polar surface area (TPSA) is 35.2 Å². The van der Waals surface area contributed by atoms with Crippen molar-refractivity contribution in [3.05, 3.63) is 28.2 Å². The molecule has 0 aromatic heterocycles. The van der Waals surface area contributed by atoms with Crippen molar-refractivity contribution in [2.45, 2.75) is 26.7 Å². The van der Waals surface area contributed by atoms with E-state index in [4.69, 9.17) is 10.5 Å². The van der Waals surface area contributed by atoms with E-state index in [0.29, 0.717) is 6.54 Å². The predicted octanol–water partition coefficient (Wildman–Crippen LogP) is 3.38. The van der Waals surface area contributed by atoms with Gasteiger partial charge in [0.05, 0.1) is 7.11 Å². The van der Waals surface area contributed by atoms with Gasteiger partial charge in [-0.3, -0.25) is 0 Å². The van der Waals surface area contributed by atoms with E-state index in [1.165, 1.54) is 5.56 Å². The fourth-order valence-electron chi connectivity index (χ4n) is 1.61. The first-order chi connectivity index (χ1) is 7.54. The van der Waals surface area contributed by atoms with Gasteiger partial charge in [0.25, 0.3) is 0 Å². The van der Waals surface area contributed by atoms with Crippen LogP contribution in [0.2, 0.25) is 0 Å². The lowest BCUT2D eigenvalue weighted by Gasteiger charge is -2.27. The molecule has 2 nitrogen and oxygen atoms in total. The minimum absolute atomic E-state index is 0.162. The number of ether oxygens (including phenoxy) is 1. The lowest BCUT2D eigenvalue weighted by molar-refractivity contribution is 0.319. The minimum Gasteiger partial charge on any atom is -0.497 e. The summed E-state index contributed by atoms with van der Waals surface area (Å²) in [7, 11) is 1.69. The van der Waals surface area contributed by atoms with Gasteiger partial charge in [-0.15, -0.1) is 0 Å². The van der Waals surface area contributed by atoms with E-state index in [2.05, 4.69) is 35.8 Å². The standard InChI is InChI=1S/C13H20BrNO/c1-4-13(2,9-15)8-10-7-11(16-3)5-6-12(10)14/h5-7H,4,8-9,15H2,1-3H3. The molecule has 0 bridgehead atoms. The number of hydrogen-bond acceptors (Lipinski definition) is 2. The van der Waals surface area contributed by atoms with Gasteiger partial charge in [-0.05, 0) is 48.6 Å². The van der Waals surface area contributed by atoms with Crippen LogP contribution >= 0.6 is 15.9 Å². The predicted molar refractivity (Wildman–Crippen MR) is 71.9 cm³/mol. The first-order valence-electron chi connectivity index (χ1n) is 5.57. The van der Waals surface area contributed by atoms with Crippen LogP contribution in [-0.4, -0.2) is 13.7 Å². The average Bonchev–Trinajstić information content (AvgIpc) is 2.32. The van der Waals surface area contributed by atoms with Crippen LogP contribution in [0.5, 0.6) is 5.75 Å². The molecule has 0 aliphatic rings. The maximum Gasteiger partial charge on any atom is 0.119 e. The highest BCUT2D eigenvalue weighted by molar-refractivity contribution is 9.10. The quantitative estimate of drug-likeness (QED) is 0.900. The summed E-state index contributed by atoms with van der Waals surface area (Å²) < 4.78 is 6.37. The van der Waals surface area contributed by atoms with Crippen molar-refractivity contribution in [2.75, 3.05) is 13.7 Å². The van der Waals surface area contributed by atoms with Crippen molar-refractivity contribution in [1.82, 2.24) is 0 Å². The molecule has 0 radical (unpaired) electrons. The van der Waals surface area contributed by atoms with Gasteiger partial charge < -0.3 is 10.5 Å². The van der Waals surface area contributed by atoms with E-state index in [-0.39, 0.29) is 5.41 Å². The van der Waals surface area contributed by atoms with E-state index < -0.39 is 0 Å². The third-order valence-electron chi connectivity index (χ3n) is 3.22. The lowest BCUT2D eigenvalue weighted by Crippen LogP contribution is -2.28. The van der Waals surface area contributed by atoms with Crippen LogP contribution < -0.4 is 10.5 Å². The van der Waals surface area contributed by atoms with Crippen molar-refractivity contribution in [1.29, 1.82) is 0 Å². The maximum absolute atomic E-state index is 5.84. The molecule has 1 atom stereocenters. The lowest BCUT2D eigenvalue weighted by atomic mass is 9.81. The molecule has 1 aromatic rings. The summed E-state index contributed by atoms with van der Waals surface area (Å²) in [5.74, 6) is 0.897. The number of nitrogens with two attached hydrogens (primary N) is 1. The summed E-state index contributed by atoms with van der Waals surface area (Å²) in [5, 5.41) is 0. The largest absolute Gasteiger partial charge is 0.497 e. The minimum atomic E-state index is 0.162. The van der Waals surface area contributed by atoms with E-state index in [9.17, 15) is 0 Å². The molecule has 1 rings (SSSR count). The van der Waals surface area contributed by atoms with E-state index in [1.807, 2.05) is 12.1 Å². The summed E-state index contributed by atoms with van der Waals surface area (Å²) in [4.78, 5) is 0. The molecule has 0 saturated carbocycles. The van der Waals surface area contributed by atoms with Crippen LogP contribution in [-0.2, 0) is 6.42 Å². The molecule has 1 unspecified atom stereocenters. The first-order valence-corrected chi connectivity index (χ1v) is 6.36. The Kier molecular flexibility index (Phi) is 4.81. The Morgan fingerprint density at radius 3 is 2.62 bits per heavy atom. The van der Waals surface area contributed by atoms with Crippen molar-refractivity contribution in [3.8, 4) is 5.75 Å². The van der Waals surface area contributed by atoms with Crippen LogP contribution in [0.1, 0.15) is 25.8 Å². The molecule has 0 aliphatic carbocycles. The molecule has 0 aliphatic heterocycles. The number of hydrogen-bond donors (Lipinski definition) is 1. The van der Waals surface area contributed by atoms with Gasteiger partial charge in [-0.2, -0.15) is 0 Å². The second kappa shape index (κ2) is 5.69. The fraction of sp³-hybridized carbons (Fsp3) is 0.538. The van der Waals surface area contributed by atoms with E-state index in [0.717, 1.165) is 23.1 Å². The van der Waals surface area contributed by atoms with Crippen molar-refractivity contribution < 1.29 is 4.74 Å². The SMILES string of the molecule is CCC(C)(CN)Cc1cc(OC)ccc1Br. The maximum atomic E-state index is 5.84. The Balaban J connectivity index is 2.95. The summed E-state index contributed by atoms with van der Waals surface area (Å²) in [6.45, 7) is 5.10. The Morgan fingerprint density at radius 2 is 2.12 bits per heavy atom. The molecule has 0 fully saturated rings. The second-order valence-electron chi connectivity index (χ2n) is 4.50. The van der Waals surface area contributed by atoms with Gasteiger partial charge in [0.1, 0.15) is 5.75 Å². The van der Waals surface area contributed by atoms with Crippen molar-refractivity contribution in [2.24, 2.45) is 11.1 Å². The zero-order valence-electron chi connectivity index (χ0n) is 10.2. The third-order valence-corrected chi connectivity index (χ3v) is 3.99. The number of halogens is 1. The molecule has 0 saturated heterocycles. The van der Waals surface area contributed by atoms with Gasteiger partial charge in [0, 0.05) is 4.47 Å². The van der Waals surface area contributed by atoms with Gasteiger partial charge in [-0.25, -0.2) is 0 Å². The van der Waals surface area contributed by atoms with Crippen LogP contribution in [0.25, 0.3) is 0 Å². The van der Waals surface area contributed by atoms with Crippen molar-refractivity contribution in [3.63, 3.8) is 0 Å². The normalized spacial score (nSPS) is 14.6. The van der Waals surface area contributed by atoms with Crippen LogP contribution in [0.15, 0.2) is 22.7 Å². The molecule has 0 spiro atoms. The van der Waals surface area contributed by atoms with Crippen molar-refractivity contribution >= 4 is 15.9 Å². The fourth-order valence-corrected chi connectivity index (χ4v) is 2.00. The summed E-state index contributed by atoms with van der Waals surface area (Å²) in [6.07, 6.45) is 2.05. The summed E-state index contributed by atoms with van der Waals surface area (Å²) in [6, 6.07) is 6.06. The molecule has 0 amide bonds. The average molecular weight is 286 g/mol. The van der Waals surface area contributed by atoms with Gasteiger partial charge in [0.2, 0.25) is 0 Å². The number of methoxy groups -OCH3 is 1. The van der Waals surface area contributed by atoms with E-state index in [1.54, 1.807) is 7.11 Å². The molecular weight excluding hydrogens is 266 g/mol. The number of benzene rings is 1. The highest BCUT2D eigenvalue weighted by Crippen LogP contribution is 2.31. The molecular formula is C13H20BrNO. The zero-order chi connectivity index (χ0) is 12.2. The third kappa shape index (κ3) is 3.22. The Hall–Kier alpha value is -0.540. The Bertz CT molecular complexity index is 348. The number of rotatable bonds is 5. The molecule has 16 heavy (non-hydrogen) atoms. The van der Waals surface area contributed by atoms with Crippen LogP contribution in [0.3, 0.4) is 0 Å². The van der Waals surface area contributed by atoms with Gasteiger partial charge >= 0.3 is 0 Å². The summed E-state index contributed by atoms with van der Waals surface area (Å²) in [5.41, 5.74) is 7.26. The zero-order valence-corrected chi connectivity index (χ0v) is 11.8. The molecule has 2 N–H and O–H groups in total. The molecule has 3 heteroatoms. The van der Waals surface area contributed by atoms with Gasteiger partial charge in [-0.1, -0.05) is 29.8 Å². The van der Waals surface area contributed by atoms with E-state index >= 15 is 0 Å². The monoisotopic (exact) mass is 285 g/mol. The second-order valence-corrected chi connectivity index (χ2v) is 5.36. The van der Waals surface area contributed by atoms with Crippen LogP contribution in [0.4, 0.5) is 0 Å². The van der Waals surface area contributed by atoms with Crippen LogP contribution in [0, 0.1) is 5.41 Å². The highest BCUT2D eigenvalue weighted by atomic mass is 79.9. The Morgan fingerprint density at radius 1 is 1.44 bits per heavy atom.